The number of carbonyl (C=O) groups excluding carboxylic acids is 1. The van der Waals surface area contributed by atoms with Gasteiger partial charge in [0.1, 0.15) is 0 Å². The van der Waals surface area contributed by atoms with Gasteiger partial charge in [0.15, 0.2) is 0 Å². The molecule has 2 rings (SSSR count). The second-order valence-corrected chi connectivity index (χ2v) is 5.14. The van der Waals surface area contributed by atoms with Crippen LogP contribution in [0.25, 0.3) is 0 Å². The van der Waals surface area contributed by atoms with E-state index in [2.05, 4.69) is 10.6 Å². The van der Waals surface area contributed by atoms with Crippen molar-refractivity contribution in [2.75, 3.05) is 19.7 Å². The minimum absolute atomic E-state index is 0.0480. The molecule has 17 heavy (non-hydrogen) atoms. The molecule has 4 nitrogen and oxygen atoms in total. The van der Waals surface area contributed by atoms with E-state index in [0.29, 0.717) is 0 Å². The molecule has 1 heterocycles. The third-order valence-corrected chi connectivity index (χ3v) is 4.01. The maximum absolute atomic E-state index is 12.0. The lowest BCUT2D eigenvalue weighted by atomic mass is 9.85. The molecule has 1 aliphatic carbocycles. The van der Waals surface area contributed by atoms with Gasteiger partial charge >= 0.3 is 0 Å². The minimum atomic E-state index is 0.0480. The van der Waals surface area contributed by atoms with Crippen molar-refractivity contribution in [1.82, 2.24) is 10.6 Å². The predicted molar refractivity (Wildman–Crippen MR) is 66.5 cm³/mol. The fourth-order valence-electron chi connectivity index (χ4n) is 2.57. The van der Waals surface area contributed by atoms with Gasteiger partial charge in [-0.1, -0.05) is 12.8 Å². The van der Waals surface area contributed by atoms with E-state index in [1.54, 1.807) is 0 Å². The first-order valence-corrected chi connectivity index (χ1v) is 6.53. The highest BCUT2D eigenvalue weighted by atomic mass is 16.3. The summed E-state index contributed by atoms with van der Waals surface area (Å²) in [6.45, 7) is 3.76. The van der Waals surface area contributed by atoms with E-state index in [1.165, 1.54) is 12.0 Å². The maximum atomic E-state index is 12.0. The molecule has 2 aliphatic rings. The lowest BCUT2D eigenvalue weighted by molar-refractivity contribution is -0.119. The van der Waals surface area contributed by atoms with Crippen LogP contribution in [0.3, 0.4) is 0 Å². The topological polar surface area (TPSA) is 61.4 Å². The second kappa shape index (κ2) is 5.65. The molecule has 0 aromatic rings. The number of carbonyl (C=O) groups is 1. The molecule has 0 radical (unpaired) electrons. The highest BCUT2D eigenvalue weighted by Crippen LogP contribution is 2.24. The zero-order chi connectivity index (χ0) is 12.3. The first-order chi connectivity index (χ1) is 8.22. The van der Waals surface area contributed by atoms with Crippen molar-refractivity contribution < 1.29 is 9.90 Å². The van der Waals surface area contributed by atoms with Gasteiger partial charge in [-0.05, 0) is 25.3 Å². The molecular weight excluding hydrogens is 216 g/mol. The van der Waals surface area contributed by atoms with Crippen molar-refractivity contribution in [1.29, 1.82) is 0 Å². The minimum Gasteiger partial charge on any atom is -0.396 e. The Bertz CT molecular complexity index is 319. The maximum Gasteiger partial charge on any atom is 0.247 e. The van der Waals surface area contributed by atoms with Crippen LogP contribution in [0, 0.1) is 5.92 Å². The van der Waals surface area contributed by atoms with Gasteiger partial charge in [-0.15, -0.1) is 0 Å². The lowest BCUT2D eigenvalue weighted by Gasteiger charge is -2.31. The summed E-state index contributed by atoms with van der Waals surface area (Å²) in [5, 5.41) is 15.5. The van der Waals surface area contributed by atoms with E-state index in [-0.39, 0.29) is 24.5 Å². The highest BCUT2D eigenvalue weighted by molar-refractivity contribution is 5.94. The third-order valence-electron chi connectivity index (χ3n) is 4.01. The summed E-state index contributed by atoms with van der Waals surface area (Å²) in [5.41, 5.74) is 2.06. The van der Waals surface area contributed by atoms with Gasteiger partial charge in [0.25, 0.3) is 0 Å². The largest absolute Gasteiger partial charge is 0.396 e. The van der Waals surface area contributed by atoms with Crippen molar-refractivity contribution in [3.05, 3.63) is 11.1 Å². The summed E-state index contributed by atoms with van der Waals surface area (Å²) >= 11 is 0. The Balaban J connectivity index is 1.92. The molecule has 1 saturated heterocycles. The molecule has 0 bridgehead atoms. The standard InChI is InChI=1S/C13H22N2O2/c1-9(11-6-14-7-11)13(17)15-12-5-3-2-4-10(12)8-16/h10,12,14,16H,2-8H2,1H3,(H,15,17). The normalized spacial score (nSPS) is 28.5. The Morgan fingerprint density at radius 2 is 2.12 bits per heavy atom. The zero-order valence-corrected chi connectivity index (χ0v) is 10.5. The molecule has 2 unspecified atom stereocenters. The van der Waals surface area contributed by atoms with E-state index >= 15 is 0 Å². The van der Waals surface area contributed by atoms with E-state index in [9.17, 15) is 9.90 Å². The van der Waals surface area contributed by atoms with Gasteiger partial charge in [0.2, 0.25) is 5.91 Å². The number of nitrogens with one attached hydrogen (secondary N) is 2. The molecule has 0 aromatic heterocycles. The average Bonchev–Trinajstić information content (AvgIpc) is 2.27. The molecule has 2 fully saturated rings. The van der Waals surface area contributed by atoms with Crippen LogP contribution < -0.4 is 10.6 Å². The molecule has 1 aliphatic heterocycles. The van der Waals surface area contributed by atoms with Crippen LogP contribution in [-0.4, -0.2) is 36.8 Å². The van der Waals surface area contributed by atoms with Gasteiger partial charge in [-0.25, -0.2) is 0 Å². The van der Waals surface area contributed by atoms with Crippen molar-refractivity contribution in [2.24, 2.45) is 5.92 Å². The Labute approximate surface area is 102 Å². The molecule has 1 saturated carbocycles. The summed E-state index contributed by atoms with van der Waals surface area (Å²) in [4.78, 5) is 12.0. The second-order valence-electron chi connectivity index (χ2n) is 5.14. The van der Waals surface area contributed by atoms with Crippen LogP contribution in [0.2, 0.25) is 0 Å². The van der Waals surface area contributed by atoms with Gasteiger partial charge in [0, 0.05) is 37.2 Å². The quantitative estimate of drug-likeness (QED) is 0.630. The molecular formula is C13H22N2O2. The van der Waals surface area contributed by atoms with Crippen LogP contribution in [0.15, 0.2) is 11.1 Å². The molecule has 4 heteroatoms. The number of rotatable bonds is 3. The molecule has 0 spiro atoms. The molecule has 2 atom stereocenters. The van der Waals surface area contributed by atoms with Crippen molar-refractivity contribution in [3.8, 4) is 0 Å². The summed E-state index contributed by atoms with van der Waals surface area (Å²) in [6.07, 6.45) is 4.34. The SMILES string of the molecule is CC(C(=O)NC1CCCCC1CO)=C1CNC1. The summed E-state index contributed by atoms with van der Waals surface area (Å²) in [7, 11) is 0. The van der Waals surface area contributed by atoms with Gasteiger partial charge < -0.3 is 15.7 Å². The Morgan fingerprint density at radius 3 is 2.71 bits per heavy atom. The number of aliphatic hydroxyl groups is 1. The number of hydrogen-bond acceptors (Lipinski definition) is 3. The average molecular weight is 238 g/mol. The molecule has 0 aromatic carbocycles. The van der Waals surface area contributed by atoms with Crippen LogP contribution in [0.4, 0.5) is 0 Å². The monoisotopic (exact) mass is 238 g/mol. The van der Waals surface area contributed by atoms with E-state index in [1.807, 2.05) is 6.92 Å². The van der Waals surface area contributed by atoms with Gasteiger partial charge in [-0.2, -0.15) is 0 Å². The Kier molecular flexibility index (Phi) is 4.18. The highest BCUT2D eigenvalue weighted by Gasteiger charge is 2.27. The van der Waals surface area contributed by atoms with Gasteiger partial charge in [0.05, 0.1) is 0 Å². The number of aliphatic hydroxyl groups excluding tert-OH is 1. The smallest absolute Gasteiger partial charge is 0.247 e. The van der Waals surface area contributed by atoms with E-state index < -0.39 is 0 Å². The van der Waals surface area contributed by atoms with Crippen LogP contribution in [0.1, 0.15) is 32.6 Å². The predicted octanol–water partition coefficient (Wildman–Crippen LogP) is 0.573. The lowest BCUT2D eigenvalue weighted by Crippen LogP contribution is -2.45. The molecule has 96 valence electrons. The number of amides is 1. The summed E-state index contributed by atoms with van der Waals surface area (Å²) in [6, 6.07) is 0.157. The van der Waals surface area contributed by atoms with E-state index in [4.69, 9.17) is 0 Å². The molecule has 1 amide bonds. The van der Waals surface area contributed by atoms with Crippen molar-refractivity contribution in [3.63, 3.8) is 0 Å². The van der Waals surface area contributed by atoms with E-state index in [0.717, 1.165) is 37.9 Å². The van der Waals surface area contributed by atoms with Gasteiger partial charge in [-0.3, -0.25) is 4.79 Å². The fraction of sp³-hybridized carbons (Fsp3) is 0.769. The first-order valence-electron chi connectivity index (χ1n) is 6.53. The van der Waals surface area contributed by atoms with Crippen LogP contribution in [-0.2, 0) is 4.79 Å². The summed E-state index contributed by atoms with van der Waals surface area (Å²) in [5.74, 6) is 0.289. The zero-order valence-electron chi connectivity index (χ0n) is 10.5. The first kappa shape index (κ1) is 12.6. The van der Waals surface area contributed by atoms with Crippen molar-refractivity contribution in [2.45, 2.75) is 38.6 Å². The third kappa shape index (κ3) is 2.87. The Hall–Kier alpha value is -0.870. The number of hydrogen-bond donors (Lipinski definition) is 3. The fourth-order valence-corrected chi connectivity index (χ4v) is 2.57. The Morgan fingerprint density at radius 1 is 1.41 bits per heavy atom. The molecule has 3 N–H and O–H groups in total. The summed E-state index contributed by atoms with van der Waals surface area (Å²) < 4.78 is 0. The van der Waals surface area contributed by atoms with Crippen LogP contribution in [0.5, 0.6) is 0 Å². The van der Waals surface area contributed by atoms with Crippen LogP contribution >= 0.6 is 0 Å². The van der Waals surface area contributed by atoms with Crippen molar-refractivity contribution >= 4 is 5.91 Å².